The maximum absolute atomic E-state index is 14.0. The van der Waals surface area contributed by atoms with E-state index in [4.69, 9.17) is 0 Å². The van der Waals surface area contributed by atoms with E-state index in [1.165, 1.54) is 0 Å². The van der Waals surface area contributed by atoms with Crippen molar-refractivity contribution in [1.82, 2.24) is 4.98 Å². The van der Waals surface area contributed by atoms with Crippen LogP contribution in [-0.2, 0) is 23.2 Å². The molecule has 0 aliphatic carbocycles. The molecule has 0 spiro atoms. The van der Waals surface area contributed by atoms with Gasteiger partial charge in [0.05, 0.1) is 17.8 Å². The normalized spacial score (nSPS) is 16.5. The van der Waals surface area contributed by atoms with Crippen LogP contribution in [0.4, 0.5) is 39.5 Å². The molecule has 1 radical (unpaired) electrons. The largest absolute Gasteiger partial charge is 0.436 e. The molecule has 1 aromatic heterocycles. The van der Waals surface area contributed by atoms with Gasteiger partial charge in [0, 0.05) is 17.1 Å². The Bertz CT molecular complexity index is 671. The number of aliphatic hydroxyl groups is 2. The van der Waals surface area contributed by atoms with E-state index in [1.807, 2.05) is 4.98 Å². The van der Waals surface area contributed by atoms with Crippen LogP contribution in [0.2, 0.25) is 0 Å². The molecule has 1 aromatic rings. The molecule has 3 unspecified atom stereocenters. The summed E-state index contributed by atoms with van der Waals surface area (Å²) >= 11 is 0. The third kappa shape index (κ3) is 5.49. The molecular formula is C14H14CuF9NO2. The van der Waals surface area contributed by atoms with Gasteiger partial charge in [-0.2, -0.15) is 30.7 Å². The van der Waals surface area contributed by atoms with Gasteiger partial charge in [0.2, 0.25) is 5.95 Å². The molecule has 0 fully saturated rings. The molecule has 13 heteroatoms. The molecule has 3 atom stereocenters. The Labute approximate surface area is 158 Å². The van der Waals surface area contributed by atoms with Crippen LogP contribution in [-0.4, -0.2) is 27.5 Å². The number of hydrogen-bond acceptors (Lipinski definition) is 3. The fraction of sp³-hybridized carbons (Fsp3) is 0.643. The molecule has 0 aromatic carbocycles. The molecule has 0 aliphatic rings. The molecule has 161 valence electrons. The quantitative estimate of drug-likeness (QED) is 0.403. The number of halogens is 9. The predicted octanol–water partition coefficient (Wildman–Crippen LogP) is 4.13. The average Bonchev–Trinajstić information content (AvgIpc) is 2.39. The van der Waals surface area contributed by atoms with Crippen molar-refractivity contribution >= 4 is 0 Å². The standard InChI is InChI=1S/C14H14F9NO2.Cu/c1-12(2,3)10(26)5(13(18,19)20)8(25)4-6(15)9(14(21,22)23)24-11(17)7(4)16;/h5,8,10,25-26H,1-3H3;. The molecule has 0 amide bonds. The van der Waals surface area contributed by atoms with Gasteiger partial charge in [-0.25, -0.2) is 13.8 Å². The van der Waals surface area contributed by atoms with Gasteiger partial charge in [-0.1, -0.05) is 20.8 Å². The summed E-state index contributed by atoms with van der Waals surface area (Å²) in [6, 6.07) is 0. The first-order chi connectivity index (χ1) is 11.4. The van der Waals surface area contributed by atoms with E-state index in [9.17, 15) is 49.7 Å². The monoisotopic (exact) mass is 462 g/mol. The minimum Gasteiger partial charge on any atom is -0.392 e. The topological polar surface area (TPSA) is 53.4 Å². The molecule has 27 heavy (non-hydrogen) atoms. The van der Waals surface area contributed by atoms with E-state index in [1.54, 1.807) is 0 Å². The van der Waals surface area contributed by atoms with Crippen molar-refractivity contribution in [2.75, 3.05) is 0 Å². The Morgan fingerprint density at radius 3 is 1.63 bits per heavy atom. The van der Waals surface area contributed by atoms with Crippen molar-refractivity contribution in [2.45, 2.75) is 45.3 Å². The van der Waals surface area contributed by atoms with E-state index in [0.717, 1.165) is 20.8 Å². The van der Waals surface area contributed by atoms with Crippen LogP contribution in [0.3, 0.4) is 0 Å². The van der Waals surface area contributed by atoms with Crippen molar-refractivity contribution < 1.29 is 66.8 Å². The zero-order chi connectivity index (χ0) is 20.8. The molecule has 0 aliphatic heterocycles. The van der Waals surface area contributed by atoms with Crippen molar-refractivity contribution in [2.24, 2.45) is 11.3 Å². The molecule has 0 saturated heterocycles. The SMILES string of the molecule is CC(C)(C)C(O)C(C(O)c1c(F)c(F)nc(C(F)(F)F)c1F)C(F)(F)F.[Cu]. The zero-order valence-corrected chi connectivity index (χ0v) is 14.7. The molecule has 0 saturated carbocycles. The maximum Gasteiger partial charge on any atom is 0.436 e. The summed E-state index contributed by atoms with van der Waals surface area (Å²) in [7, 11) is 0. The second-order valence-corrected chi connectivity index (χ2v) is 6.61. The van der Waals surface area contributed by atoms with Crippen LogP contribution in [0.25, 0.3) is 0 Å². The third-order valence-corrected chi connectivity index (χ3v) is 3.58. The summed E-state index contributed by atoms with van der Waals surface area (Å²) in [5, 5.41) is 19.6. The first kappa shape index (κ1) is 26.0. The number of hydrogen-bond donors (Lipinski definition) is 2. The summed E-state index contributed by atoms with van der Waals surface area (Å²) in [5.74, 6) is -11.1. The fourth-order valence-electron chi connectivity index (χ4n) is 2.23. The number of pyridine rings is 1. The van der Waals surface area contributed by atoms with Gasteiger partial charge >= 0.3 is 12.4 Å². The fourth-order valence-corrected chi connectivity index (χ4v) is 2.23. The van der Waals surface area contributed by atoms with Gasteiger partial charge in [-0.3, -0.25) is 0 Å². The first-order valence-corrected chi connectivity index (χ1v) is 6.95. The third-order valence-electron chi connectivity index (χ3n) is 3.58. The van der Waals surface area contributed by atoms with E-state index in [0.29, 0.717) is 0 Å². The molecule has 3 nitrogen and oxygen atoms in total. The van der Waals surface area contributed by atoms with Gasteiger partial charge in [-0.15, -0.1) is 0 Å². The molecule has 2 N–H and O–H groups in total. The number of aromatic nitrogens is 1. The van der Waals surface area contributed by atoms with Gasteiger partial charge < -0.3 is 10.2 Å². The molecule has 0 bridgehead atoms. The van der Waals surface area contributed by atoms with Gasteiger partial charge in [0.1, 0.15) is 5.92 Å². The Kier molecular flexibility index (Phi) is 7.82. The minimum absolute atomic E-state index is 0. The minimum atomic E-state index is -5.66. The number of aliphatic hydroxyl groups excluding tert-OH is 2. The van der Waals surface area contributed by atoms with Crippen LogP contribution in [0.5, 0.6) is 0 Å². The van der Waals surface area contributed by atoms with Gasteiger partial charge in [0.15, 0.2) is 17.3 Å². The van der Waals surface area contributed by atoms with Crippen LogP contribution in [0, 0.1) is 28.9 Å². The molecule has 1 heterocycles. The maximum atomic E-state index is 14.0. The summed E-state index contributed by atoms with van der Waals surface area (Å²) in [6.45, 7) is 3.26. The van der Waals surface area contributed by atoms with Crippen molar-refractivity contribution in [1.29, 1.82) is 0 Å². The van der Waals surface area contributed by atoms with Crippen LogP contribution in [0.1, 0.15) is 38.1 Å². The van der Waals surface area contributed by atoms with Gasteiger partial charge in [-0.05, 0) is 5.41 Å². The van der Waals surface area contributed by atoms with Crippen LogP contribution < -0.4 is 0 Å². The number of nitrogens with zero attached hydrogens (tertiary/aromatic N) is 1. The molecular weight excluding hydrogens is 449 g/mol. The van der Waals surface area contributed by atoms with E-state index < -0.39 is 64.7 Å². The smallest absolute Gasteiger partial charge is 0.392 e. The number of rotatable bonds is 3. The second kappa shape index (κ2) is 8.14. The van der Waals surface area contributed by atoms with Gasteiger partial charge in [0.25, 0.3) is 0 Å². The van der Waals surface area contributed by atoms with E-state index >= 15 is 0 Å². The van der Waals surface area contributed by atoms with Crippen molar-refractivity contribution in [3.63, 3.8) is 0 Å². The first-order valence-electron chi connectivity index (χ1n) is 6.95. The second-order valence-electron chi connectivity index (χ2n) is 6.61. The summed E-state index contributed by atoms with van der Waals surface area (Å²) in [4.78, 5) is 2.01. The summed E-state index contributed by atoms with van der Waals surface area (Å²) in [6.07, 6.45) is -17.0. The summed E-state index contributed by atoms with van der Waals surface area (Å²) in [5.41, 5.74) is -6.43. The predicted molar refractivity (Wildman–Crippen MR) is 69.1 cm³/mol. The zero-order valence-electron chi connectivity index (χ0n) is 13.8. The van der Waals surface area contributed by atoms with Crippen LogP contribution >= 0.6 is 0 Å². The number of alkyl halides is 6. The average molecular weight is 463 g/mol. The molecule has 1 rings (SSSR count). The Balaban J connectivity index is 0.00000676. The van der Waals surface area contributed by atoms with E-state index in [-0.39, 0.29) is 17.1 Å². The Hall–Kier alpha value is -1.04. The van der Waals surface area contributed by atoms with Crippen LogP contribution in [0.15, 0.2) is 0 Å². The van der Waals surface area contributed by atoms with Crippen molar-refractivity contribution in [3.05, 3.63) is 28.8 Å². The van der Waals surface area contributed by atoms with Crippen molar-refractivity contribution in [3.8, 4) is 0 Å². The summed E-state index contributed by atoms with van der Waals surface area (Å²) < 4.78 is 119. The Morgan fingerprint density at radius 2 is 1.30 bits per heavy atom. The van der Waals surface area contributed by atoms with E-state index in [2.05, 4.69) is 0 Å². The Morgan fingerprint density at radius 1 is 0.852 bits per heavy atom.